The van der Waals surface area contributed by atoms with Crippen LogP contribution in [-0.4, -0.2) is 40.5 Å². The van der Waals surface area contributed by atoms with Crippen molar-refractivity contribution in [3.63, 3.8) is 0 Å². The fourth-order valence-corrected chi connectivity index (χ4v) is 2.62. The molecule has 1 atom stereocenters. The summed E-state index contributed by atoms with van der Waals surface area (Å²) in [4.78, 5) is 0. The maximum atomic E-state index is 11.7. The zero-order valence-corrected chi connectivity index (χ0v) is 11.9. The minimum absolute atomic E-state index is 0.0679. The Labute approximate surface area is 113 Å². The number of ether oxygens (including phenoxy) is 2. The first-order chi connectivity index (χ1) is 8.93. The minimum atomic E-state index is -3.37. The van der Waals surface area contributed by atoms with Crippen molar-refractivity contribution in [2.24, 2.45) is 0 Å². The van der Waals surface area contributed by atoms with E-state index in [1.54, 1.807) is 31.2 Å². The smallest absolute Gasteiger partial charge is 0.215 e. The van der Waals surface area contributed by atoms with Crippen LogP contribution >= 0.6 is 0 Å². The van der Waals surface area contributed by atoms with Gasteiger partial charge in [-0.2, -0.15) is 0 Å². The number of hydrogen-bond donors (Lipinski definition) is 2. The van der Waals surface area contributed by atoms with E-state index >= 15 is 0 Å². The Kier molecular flexibility index (Phi) is 6.07. The average Bonchev–Trinajstić information content (AvgIpc) is 2.28. The highest BCUT2D eigenvalue weighted by Crippen LogP contribution is 2.14. The Morgan fingerprint density at radius 3 is 2.79 bits per heavy atom. The molecule has 1 unspecified atom stereocenters. The molecule has 0 aliphatic carbocycles. The number of sulfonamides is 1. The van der Waals surface area contributed by atoms with E-state index in [2.05, 4.69) is 4.72 Å². The molecule has 0 amide bonds. The Morgan fingerprint density at radius 2 is 2.16 bits per heavy atom. The van der Waals surface area contributed by atoms with Crippen LogP contribution in [0.5, 0.6) is 5.75 Å². The van der Waals surface area contributed by atoms with Crippen LogP contribution in [0, 0.1) is 0 Å². The van der Waals surface area contributed by atoms with Crippen LogP contribution in [0.15, 0.2) is 24.3 Å². The second kappa shape index (κ2) is 7.32. The molecule has 0 radical (unpaired) electrons. The van der Waals surface area contributed by atoms with Gasteiger partial charge in [0.25, 0.3) is 0 Å². The molecule has 0 saturated heterocycles. The number of nitrogen functional groups attached to an aromatic ring is 1. The van der Waals surface area contributed by atoms with Crippen molar-refractivity contribution >= 4 is 15.7 Å². The third kappa shape index (κ3) is 6.42. The number of hydrogen-bond acceptors (Lipinski definition) is 5. The highest BCUT2D eigenvalue weighted by molar-refractivity contribution is 7.89. The summed E-state index contributed by atoms with van der Waals surface area (Å²) >= 11 is 0. The maximum absolute atomic E-state index is 11.7. The minimum Gasteiger partial charge on any atom is -0.492 e. The van der Waals surface area contributed by atoms with Gasteiger partial charge in [0.2, 0.25) is 10.0 Å². The predicted octanol–water partition coefficient (Wildman–Crippen LogP) is 0.602. The van der Waals surface area contributed by atoms with Gasteiger partial charge in [0.05, 0.1) is 12.4 Å². The van der Waals surface area contributed by atoms with Gasteiger partial charge >= 0.3 is 0 Å². The van der Waals surface area contributed by atoms with Crippen LogP contribution in [0.25, 0.3) is 0 Å². The fourth-order valence-electron chi connectivity index (χ4n) is 1.52. The number of rotatable bonds is 8. The van der Waals surface area contributed by atoms with Crippen LogP contribution in [0.1, 0.15) is 6.92 Å². The molecule has 7 heteroatoms. The summed E-state index contributed by atoms with van der Waals surface area (Å²) in [6.07, 6.45) is 0. The van der Waals surface area contributed by atoms with E-state index in [4.69, 9.17) is 15.2 Å². The van der Waals surface area contributed by atoms with Crippen molar-refractivity contribution in [2.45, 2.75) is 13.0 Å². The molecular formula is C12H20N2O4S. The molecule has 6 nitrogen and oxygen atoms in total. The molecule has 0 aliphatic rings. The van der Waals surface area contributed by atoms with Gasteiger partial charge in [0.15, 0.2) is 0 Å². The van der Waals surface area contributed by atoms with E-state index in [0.29, 0.717) is 18.0 Å². The lowest BCUT2D eigenvalue weighted by molar-refractivity contribution is 0.180. The van der Waals surface area contributed by atoms with Gasteiger partial charge in [-0.05, 0) is 19.1 Å². The molecular weight excluding hydrogens is 268 g/mol. The van der Waals surface area contributed by atoms with Crippen molar-refractivity contribution in [2.75, 3.05) is 31.8 Å². The van der Waals surface area contributed by atoms with Crippen molar-refractivity contribution < 1.29 is 17.9 Å². The summed E-state index contributed by atoms with van der Waals surface area (Å²) in [5, 5.41) is 0. The van der Waals surface area contributed by atoms with Gasteiger partial charge in [-0.1, -0.05) is 6.07 Å². The van der Waals surface area contributed by atoms with Gasteiger partial charge in [-0.15, -0.1) is 0 Å². The summed E-state index contributed by atoms with van der Waals surface area (Å²) in [6, 6.07) is 6.59. The molecule has 3 N–H and O–H groups in total. The summed E-state index contributed by atoms with van der Waals surface area (Å²) in [5.41, 5.74) is 6.17. The quantitative estimate of drug-likeness (QED) is 0.684. The van der Waals surface area contributed by atoms with Gasteiger partial charge in [-0.3, -0.25) is 0 Å². The highest BCUT2D eigenvalue weighted by Gasteiger charge is 2.14. The number of methoxy groups -OCH3 is 1. The molecule has 0 aromatic heterocycles. The van der Waals surface area contributed by atoms with Gasteiger partial charge < -0.3 is 15.2 Å². The Morgan fingerprint density at radius 1 is 1.42 bits per heavy atom. The SMILES string of the molecule is COCC(C)NS(=O)(=O)CCOc1cccc(N)c1. The molecule has 0 fully saturated rings. The molecule has 0 saturated carbocycles. The molecule has 1 aromatic carbocycles. The van der Waals surface area contributed by atoms with Crippen molar-refractivity contribution in [3.05, 3.63) is 24.3 Å². The molecule has 0 aliphatic heterocycles. The third-order valence-corrected chi connectivity index (χ3v) is 3.74. The van der Waals surface area contributed by atoms with E-state index in [1.165, 1.54) is 7.11 Å². The Bertz CT molecular complexity index is 490. The third-order valence-electron chi connectivity index (χ3n) is 2.28. The summed E-state index contributed by atoms with van der Waals surface area (Å²) < 4.78 is 36.1. The van der Waals surface area contributed by atoms with Crippen molar-refractivity contribution in [1.82, 2.24) is 4.72 Å². The van der Waals surface area contributed by atoms with Crippen LogP contribution in [0.2, 0.25) is 0 Å². The number of benzene rings is 1. The largest absolute Gasteiger partial charge is 0.492 e. The molecule has 19 heavy (non-hydrogen) atoms. The maximum Gasteiger partial charge on any atom is 0.215 e. The monoisotopic (exact) mass is 288 g/mol. The molecule has 1 aromatic rings. The van der Waals surface area contributed by atoms with E-state index < -0.39 is 10.0 Å². The van der Waals surface area contributed by atoms with Crippen LogP contribution in [0.3, 0.4) is 0 Å². The standard InChI is InChI=1S/C12H20N2O4S/c1-10(9-17-2)14-19(15,16)7-6-18-12-5-3-4-11(13)8-12/h3-5,8,10,14H,6-7,9,13H2,1-2H3. The van der Waals surface area contributed by atoms with Crippen LogP contribution in [0.4, 0.5) is 5.69 Å². The number of nitrogens with one attached hydrogen (secondary N) is 1. The zero-order valence-electron chi connectivity index (χ0n) is 11.1. The van der Waals surface area contributed by atoms with E-state index in [9.17, 15) is 8.42 Å². The van der Waals surface area contributed by atoms with E-state index in [0.717, 1.165) is 0 Å². The summed E-state index contributed by atoms with van der Waals surface area (Å²) in [6.45, 7) is 2.13. The predicted molar refractivity (Wildman–Crippen MR) is 74.6 cm³/mol. The van der Waals surface area contributed by atoms with Gasteiger partial charge in [0.1, 0.15) is 12.4 Å². The lowest BCUT2D eigenvalue weighted by Gasteiger charge is -2.13. The van der Waals surface area contributed by atoms with Gasteiger partial charge in [0, 0.05) is 24.9 Å². The van der Waals surface area contributed by atoms with Crippen LogP contribution < -0.4 is 15.2 Å². The molecule has 0 heterocycles. The normalized spacial score (nSPS) is 13.2. The summed E-state index contributed by atoms with van der Waals surface area (Å²) in [5.74, 6) is 0.440. The summed E-state index contributed by atoms with van der Waals surface area (Å²) in [7, 11) is -1.85. The van der Waals surface area contributed by atoms with Crippen molar-refractivity contribution in [1.29, 1.82) is 0 Å². The molecule has 1 rings (SSSR count). The molecule has 108 valence electrons. The van der Waals surface area contributed by atoms with Crippen LogP contribution in [-0.2, 0) is 14.8 Å². The number of anilines is 1. The first-order valence-electron chi connectivity index (χ1n) is 5.90. The van der Waals surface area contributed by atoms with Gasteiger partial charge in [-0.25, -0.2) is 13.1 Å². The average molecular weight is 288 g/mol. The lowest BCUT2D eigenvalue weighted by atomic mass is 10.3. The first-order valence-corrected chi connectivity index (χ1v) is 7.55. The highest BCUT2D eigenvalue weighted by atomic mass is 32.2. The fraction of sp³-hybridized carbons (Fsp3) is 0.500. The topological polar surface area (TPSA) is 90.6 Å². The van der Waals surface area contributed by atoms with Crippen molar-refractivity contribution in [3.8, 4) is 5.75 Å². The van der Waals surface area contributed by atoms with E-state index in [1.807, 2.05) is 0 Å². The van der Waals surface area contributed by atoms with E-state index in [-0.39, 0.29) is 18.4 Å². The lowest BCUT2D eigenvalue weighted by Crippen LogP contribution is -2.38. The molecule has 0 spiro atoms. The first kappa shape index (κ1) is 15.7. The molecule has 0 bridgehead atoms. The zero-order chi connectivity index (χ0) is 14.3. The second-order valence-corrected chi connectivity index (χ2v) is 6.09. The number of nitrogens with two attached hydrogens (primary N) is 1. The second-order valence-electron chi connectivity index (χ2n) is 4.21. The Balaban J connectivity index is 2.39. The Hall–Kier alpha value is -1.31.